The Kier molecular flexibility index (Phi) is 4.90. The number of ether oxygens (including phenoxy) is 2. The molecule has 1 saturated heterocycles. The molecule has 2 heterocycles. The number of pyridine rings is 1. The molecule has 2 unspecified atom stereocenters. The second kappa shape index (κ2) is 6.67. The van der Waals surface area contributed by atoms with E-state index in [-0.39, 0.29) is 36.1 Å². The molecule has 2 atom stereocenters. The van der Waals surface area contributed by atoms with Crippen molar-refractivity contribution in [2.75, 3.05) is 19.7 Å². The normalized spacial score (nSPS) is 22.0. The van der Waals surface area contributed by atoms with Crippen LogP contribution in [0.4, 0.5) is 0 Å². The molecule has 1 fully saturated rings. The van der Waals surface area contributed by atoms with Gasteiger partial charge in [-0.3, -0.25) is 4.79 Å². The second-order valence-corrected chi connectivity index (χ2v) is 5.10. The lowest BCUT2D eigenvalue weighted by molar-refractivity contribution is -0.0587. The van der Waals surface area contributed by atoms with Crippen LogP contribution in [0.2, 0.25) is 0 Å². The van der Waals surface area contributed by atoms with E-state index in [0.717, 1.165) is 0 Å². The van der Waals surface area contributed by atoms with Crippen molar-refractivity contribution < 1.29 is 19.1 Å². The fourth-order valence-electron chi connectivity index (χ4n) is 2.38. The number of hydrogen-bond acceptors (Lipinski definition) is 5. The maximum absolute atomic E-state index is 12.5. The highest BCUT2D eigenvalue weighted by Crippen LogP contribution is 2.14. The maximum Gasteiger partial charge on any atom is 0.356 e. The molecule has 2 rings (SSSR count). The average Bonchev–Trinajstić information content (AvgIpc) is 2.46. The van der Waals surface area contributed by atoms with Gasteiger partial charge in [-0.1, -0.05) is 6.07 Å². The van der Waals surface area contributed by atoms with Crippen LogP contribution in [0.15, 0.2) is 18.2 Å². The van der Waals surface area contributed by atoms with E-state index in [1.807, 2.05) is 13.8 Å². The highest BCUT2D eigenvalue weighted by Gasteiger charge is 2.27. The van der Waals surface area contributed by atoms with Gasteiger partial charge in [0.05, 0.1) is 18.8 Å². The van der Waals surface area contributed by atoms with E-state index in [2.05, 4.69) is 4.98 Å². The molecule has 114 valence electrons. The number of esters is 1. The summed E-state index contributed by atoms with van der Waals surface area (Å²) in [5, 5.41) is 0. The summed E-state index contributed by atoms with van der Waals surface area (Å²) in [6.45, 7) is 6.90. The minimum atomic E-state index is -0.518. The zero-order valence-electron chi connectivity index (χ0n) is 12.5. The van der Waals surface area contributed by atoms with Gasteiger partial charge in [-0.15, -0.1) is 0 Å². The smallest absolute Gasteiger partial charge is 0.356 e. The lowest BCUT2D eigenvalue weighted by Crippen LogP contribution is -2.48. The second-order valence-electron chi connectivity index (χ2n) is 5.10. The van der Waals surface area contributed by atoms with Crippen LogP contribution in [0.5, 0.6) is 0 Å². The number of aromatic nitrogens is 1. The van der Waals surface area contributed by atoms with Gasteiger partial charge in [-0.05, 0) is 32.9 Å². The van der Waals surface area contributed by atoms with Crippen LogP contribution in [-0.4, -0.2) is 53.7 Å². The molecule has 1 aliphatic heterocycles. The molecule has 1 amide bonds. The van der Waals surface area contributed by atoms with Crippen LogP contribution in [-0.2, 0) is 9.47 Å². The third-order valence-electron chi connectivity index (χ3n) is 3.16. The summed E-state index contributed by atoms with van der Waals surface area (Å²) in [7, 11) is 0. The number of amides is 1. The Labute approximate surface area is 124 Å². The molecule has 0 N–H and O–H groups in total. The van der Waals surface area contributed by atoms with Crippen molar-refractivity contribution in [3.05, 3.63) is 29.6 Å². The fraction of sp³-hybridized carbons (Fsp3) is 0.533. The van der Waals surface area contributed by atoms with Crippen molar-refractivity contribution in [2.45, 2.75) is 33.0 Å². The maximum atomic E-state index is 12.5. The lowest BCUT2D eigenvalue weighted by Gasteiger charge is -2.35. The fourth-order valence-corrected chi connectivity index (χ4v) is 2.38. The van der Waals surface area contributed by atoms with Gasteiger partial charge < -0.3 is 14.4 Å². The zero-order chi connectivity index (χ0) is 15.4. The number of hydrogen-bond donors (Lipinski definition) is 0. The first kappa shape index (κ1) is 15.4. The van der Waals surface area contributed by atoms with Gasteiger partial charge in [-0.2, -0.15) is 0 Å². The van der Waals surface area contributed by atoms with Gasteiger partial charge >= 0.3 is 5.97 Å². The van der Waals surface area contributed by atoms with Crippen LogP contribution in [0.25, 0.3) is 0 Å². The average molecular weight is 292 g/mol. The minimum Gasteiger partial charge on any atom is -0.461 e. The molecule has 6 heteroatoms. The Morgan fingerprint density at radius 2 is 1.90 bits per heavy atom. The predicted octanol–water partition coefficient (Wildman–Crippen LogP) is 1.51. The van der Waals surface area contributed by atoms with E-state index in [1.54, 1.807) is 30.0 Å². The monoisotopic (exact) mass is 292 g/mol. The molecule has 1 aliphatic rings. The molecule has 1 aromatic rings. The number of rotatable bonds is 3. The van der Waals surface area contributed by atoms with Crippen molar-refractivity contribution >= 4 is 11.9 Å². The van der Waals surface area contributed by atoms with Crippen molar-refractivity contribution in [3.8, 4) is 0 Å². The van der Waals surface area contributed by atoms with E-state index >= 15 is 0 Å². The van der Waals surface area contributed by atoms with Gasteiger partial charge in [0.2, 0.25) is 0 Å². The Hall–Kier alpha value is -1.95. The SMILES string of the molecule is CCOC(=O)c1cccc(C(=O)N2CC(C)OC(C)C2)n1. The topological polar surface area (TPSA) is 68.7 Å². The van der Waals surface area contributed by atoms with E-state index < -0.39 is 5.97 Å². The molecular weight excluding hydrogens is 272 g/mol. The summed E-state index contributed by atoms with van der Waals surface area (Å²) < 4.78 is 10.5. The first-order valence-corrected chi connectivity index (χ1v) is 7.10. The van der Waals surface area contributed by atoms with Crippen LogP contribution >= 0.6 is 0 Å². The molecule has 6 nitrogen and oxygen atoms in total. The Morgan fingerprint density at radius 3 is 2.52 bits per heavy atom. The molecule has 0 bridgehead atoms. The van der Waals surface area contributed by atoms with E-state index in [4.69, 9.17) is 9.47 Å². The summed E-state index contributed by atoms with van der Waals surface area (Å²) in [6.07, 6.45) is -0.0168. The molecule has 0 aliphatic carbocycles. The Bertz CT molecular complexity index is 522. The summed E-state index contributed by atoms with van der Waals surface area (Å²) in [6, 6.07) is 4.79. The van der Waals surface area contributed by atoms with E-state index in [9.17, 15) is 9.59 Å². The highest BCUT2D eigenvalue weighted by atomic mass is 16.5. The zero-order valence-corrected chi connectivity index (χ0v) is 12.5. The van der Waals surface area contributed by atoms with Crippen LogP contribution in [0, 0.1) is 0 Å². The number of carbonyl (C=O) groups is 2. The lowest BCUT2D eigenvalue weighted by atomic mass is 10.2. The van der Waals surface area contributed by atoms with Gasteiger partial charge in [0.25, 0.3) is 5.91 Å². The molecular formula is C15H20N2O4. The van der Waals surface area contributed by atoms with Crippen molar-refractivity contribution in [1.29, 1.82) is 0 Å². The first-order chi connectivity index (χ1) is 10.0. The number of carbonyl (C=O) groups excluding carboxylic acids is 2. The molecule has 0 spiro atoms. The highest BCUT2D eigenvalue weighted by molar-refractivity contribution is 5.94. The molecule has 0 aromatic carbocycles. The molecule has 21 heavy (non-hydrogen) atoms. The van der Waals surface area contributed by atoms with Crippen molar-refractivity contribution in [2.24, 2.45) is 0 Å². The van der Waals surface area contributed by atoms with E-state index in [1.165, 1.54) is 0 Å². The van der Waals surface area contributed by atoms with Gasteiger partial charge in [0, 0.05) is 13.1 Å². The molecule has 0 radical (unpaired) electrons. The van der Waals surface area contributed by atoms with E-state index in [0.29, 0.717) is 13.1 Å². The van der Waals surface area contributed by atoms with Gasteiger partial charge in [0.1, 0.15) is 11.4 Å². The standard InChI is InChI=1S/C15H20N2O4/c1-4-20-15(19)13-7-5-6-12(16-13)14(18)17-8-10(2)21-11(3)9-17/h5-7,10-11H,4,8-9H2,1-3H3. The quantitative estimate of drug-likeness (QED) is 0.790. The van der Waals surface area contributed by atoms with Gasteiger partial charge in [0.15, 0.2) is 0 Å². The first-order valence-electron chi connectivity index (χ1n) is 7.10. The molecule has 1 aromatic heterocycles. The number of morpholine rings is 1. The van der Waals surface area contributed by atoms with Crippen LogP contribution < -0.4 is 0 Å². The third-order valence-corrected chi connectivity index (χ3v) is 3.16. The minimum absolute atomic E-state index is 0.00839. The van der Waals surface area contributed by atoms with Crippen LogP contribution in [0.3, 0.4) is 0 Å². The Morgan fingerprint density at radius 1 is 1.29 bits per heavy atom. The number of nitrogens with zero attached hydrogens (tertiary/aromatic N) is 2. The summed E-state index contributed by atoms with van der Waals surface area (Å²) in [4.78, 5) is 30.0. The van der Waals surface area contributed by atoms with Crippen LogP contribution in [0.1, 0.15) is 41.7 Å². The van der Waals surface area contributed by atoms with Crippen molar-refractivity contribution in [1.82, 2.24) is 9.88 Å². The van der Waals surface area contributed by atoms with Gasteiger partial charge in [-0.25, -0.2) is 9.78 Å². The predicted molar refractivity (Wildman–Crippen MR) is 76.1 cm³/mol. The summed E-state index contributed by atoms with van der Waals surface area (Å²) in [5.41, 5.74) is 0.402. The largest absolute Gasteiger partial charge is 0.461 e. The third kappa shape index (κ3) is 3.78. The summed E-state index contributed by atoms with van der Waals surface area (Å²) >= 11 is 0. The molecule has 0 saturated carbocycles. The van der Waals surface area contributed by atoms with Crippen molar-refractivity contribution in [3.63, 3.8) is 0 Å². The summed E-state index contributed by atoms with van der Waals surface area (Å²) in [5.74, 6) is -0.709. The Balaban J connectivity index is 2.15.